The van der Waals surface area contributed by atoms with Crippen molar-refractivity contribution in [1.29, 1.82) is 0 Å². The molecule has 1 heterocycles. The lowest BCUT2D eigenvalue weighted by Gasteiger charge is -2.07. The summed E-state index contributed by atoms with van der Waals surface area (Å²) in [7, 11) is 0. The molecule has 0 amide bonds. The number of aromatic carboxylic acids is 1. The highest BCUT2D eigenvalue weighted by Crippen LogP contribution is 2.18. The van der Waals surface area contributed by atoms with Gasteiger partial charge < -0.3 is 14.3 Å². The van der Waals surface area contributed by atoms with Gasteiger partial charge in [-0.1, -0.05) is 30.3 Å². The van der Waals surface area contributed by atoms with E-state index < -0.39 is 17.2 Å². The number of rotatable bonds is 4. The maximum absolute atomic E-state index is 11.8. The predicted octanol–water partition coefficient (Wildman–Crippen LogP) is 2.68. The van der Waals surface area contributed by atoms with Crippen molar-refractivity contribution < 1.29 is 19.1 Å². The number of hydrogen-bond acceptors (Lipinski definition) is 4. The molecule has 19 heavy (non-hydrogen) atoms. The van der Waals surface area contributed by atoms with Gasteiger partial charge in [-0.3, -0.25) is 4.79 Å². The van der Waals surface area contributed by atoms with Crippen molar-refractivity contribution in [3.63, 3.8) is 0 Å². The third-order valence-corrected chi connectivity index (χ3v) is 2.88. The molecular formula is C13H9BrO5. The van der Waals surface area contributed by atoms with Crippen LogP contribution >= 0.6 is 15.9 Å². The Balaban J connectivity index is 2.31. The number of benzene rings is 1. The van der Waals surface area contributed by atoms with Gasteiger partial charge in [0.1, 0.15) is 17.3 Å². The molecule has 0 fully saturated rings. The molecule has 0 bridgehead atoms. The third kappa shape index (κ3) is 3.03. The molecule has 0 aliphatic rings. The van der Waals surface area contributed by atoms with Crippen LogP contribution in [0.4, 0.5) is 0 Å². The molecule has 0 aliphatic heterocycles. The van der Waals surface area contributed by atoms with Gasteiger partial charge in [0.25, 0.3) is 5.76 Å². The summed E-state index contributed by atoms with van der Waals surface area (Å²) in [5.41, 5.74) is 0.262. The molecule has 2 rings (SSSR count). The average molecular weight is 325 g/mol. The lowest BCUT2D eigenvalue weighted by molar-refractivity contribution is 0.0650. The lowest BCUT2D eigenvalue weighted by atomic mass is 10.2. The van der Waals surface area contributed by atoms with E-state index in [1.807, 2.05) is 18.2 Å². The van der Waals surface area contributed by atoms with Gasteiger partial charge in [0.05, 0.1) is 0 Å². The first-order chi connectivity index (χ1) is 9.09. The second-order valence-electron chi connectivity index (χ2n) is 3.65. The number of ether oxygens (including phenoxy) is 1. The maximum Gasteiger partial charge on any atom is 0.375 e. The van der Waals surface area contributed by atoms with E-state index in [1.165, 1.54) is 0 Å². The Morgan fingerprint density at radius 3 is 2.63 bits per heavy atom. The maximum atomic E-state index is 11.8. The van der Waals surface area contributed by atoms with E-state index in [1.54, 1.807) is 12.1 Å². The highest BCUT2D eigenvalue weighted by atomic mass is 79.9. The zero-order chi connectivity index (χ0) is 13.8. The normalized spacial score (nSPS) is 10.2. The standard InChI is InChI=1S/C13H9BrO5/c14-9-7-19-12(13(16)17)11(10(9)15)18-6-8-4-2-1-3-5-8/h1-5,7H,6H2,(H,16,17). The van der Waals surface area contributed by atoms with Crippen molar-refractivity contribution >= 4 is 21.9 Å². The molecule has 0 saturated carbocycles. The first-order valence-electron chi connectivity index (χ1n) is 5.31. The first kappa shape index (κ1) is 13.4. The van der Waals surface area contributed by atoms with Crippen LogP contribution in [0.3, 0.4) is 0 Å². The molecule has 1 N–H and O–H groups in total. The van der Waals surface area contributed by atoms with Gasteiger partial charge in [0, 0.05) is 0 Å². The zero-order valence-corrected chi connectivity index (χ0v) is 11.2. The zero-order valence-electron chi connectivity index (χ0n) is 9.63. The Morgan fingerprint density at radius 2 is 2.00 bits per heavy atom. The Hall–Kier alpha value is -2.08. The van der Waals surface area contributed by atoms with Crippen molar-refractivity contribution in [2.24, 2.45) is 0 Å². The fourth-order valence-electron chi connectivity index (χ4n) is 1.44. The van der Waals surface area contributed by atoms with E-state index in [0.29, 0.717) is 0 Å². The Morgan fingerprint density at radius 1 is 1.32 bits per heavy atom. The van der Waals surface area contributed by atoms with Crippen molar-refractivity contribution in [1.82, 2.24) is 0 Å². The SMILES string of the molecule is O=C(O)c1occ(Br)c(=O)c1OCc1ccccc1. The van der Waals surface area contributed by atoms with Crippen LogP contribution in [-0.4, -0.2) is 11.1 Å². The molecule has 1 aromatic carbocycles. The van der Waals surface area contributed by atoms with E-state index in [4.69, 9.17) is 14.3 Å². The van der Waals surface area contributed by atoms with Crippen LogP contribution in [0.25, 0.3) is 0 Å². The second kappa shape index (κ2) is 5.71. The highest BCUT2D eigenvalue weighted by Gasteiger charge is 2.20. The number of carbonyl (C=O) groups is 1. The molecule has 98 valence electrons. The van der Waals surface area contributed by atoms with Crippen molar-refractivity contribution in [3.05, 3.63) is 62.6 Å². The Bertz CT molecular complexity index is 648. The predicted molar refractivity (Wildman–Crippen MR) is 70.4 cm³/mol. The third-order valence-electron chi connectivity index (χ3n) is 2.33. The lowest BCUT2D eigenvalue weighted by Crippen LogP contribution is -2.14. The van der Waals surface area contributed by atoms with E-state index in [-0.39, 0.29) is 16.8 Å². The molecule has 1 aromatic heterocycles. The van der Waals surface area contributed by atoms with Crippen LogP contribution in [-0.2, 0) is 6.61 Å². The minimum absolute atomic E-state index is 0.0856. The summed E-state index contributed by atoms with van der Waals surface area (Å²) in [5, 5.41) is 8.95. The summed E-state index contributed by atoms with van der Waals surface area (Å²) in [6.07, 6.45) is 1.03. The summed E-state index contributed by atoms with van der Waals surface area (Å²) in [6, 6.07) is 9.10. The van der Waals surface area contributed by atoms with Crippen LogP contribution in [0.15, 0.2) is 50.3 Å². The summed E-state index contributed by atoms with van der Waals surface area (Å²) in [6.45, 7) is 0.0856. The van der Waals surface area contributed by atoms with E-state index >= 15 is 0 Å². The van der Waals surface area contributed by atoms with E-state index in [9.17, 15) is 9.59 Å². The quantitative estimate of drug-likeness (QED) is 0.935. The summed E-state index contributed by atoms with van der Waals surface area (Å²) < 4.78 is 10.2. The molecular weight excluding hydrogens is 316 g/mol. The van der Waals surface area contributed by atoms with Gasteiger partial charge in [-0.2, -0.15) is 0 Å². The monoisotopic (exact) mass is 324 g/mol. The first-order valence-corrected chi connectivity index (χ1v) is 6.10. The van der Waals surface area contributed by atoms with Gasteiger partial charge >= 0.3 is 5.97 Å². The fraction of sp³-hybridized carbons (Fsp3) is 0.0769. The molecule has 6 heteroatoms. The molecule has 0 unspecified atom stereocenters. The van der Waals surface area contributed by atoms with Crippen molar-refractivity contribution in [3.8, 4) is 5.75 Å². The summed E-state index contributed by atoms with van der Waals surface area (Å²) in [4.78, 5) is 22.8. The van der Waals surface area contributed by atoms with Gasteiger partial charge in [-0.15, -0.1) is 0 Å². The number of carboxylic acid groups (broad SMARTS) is 1. The fourth-order valence-corrected chi connectivity index (χ4v) is 1.71. The molecule has 0 aliphatic carbocycles. The minimum Gasteiger partial charge on any atom is -0.481 e. The molecule has 0 atom stereocenters. The largest absolute Gasteiger partial charge is 0.481 e. The number of hydrogen-bond donors (Lipinski definition) is 1. The Kier molecular flexibility index (Phi) is 4.01. The highest BCUT2D eigenvalue weighted by molar-refractivity contribution is 9.10. The van der Waals surface area contributed by atoms with Gasteiger partial charge in [-0.25, -0.2) is 4.79 Å². The summed E-state index contributed by atoms with van der Waals surface area (Å²) in [5.74, 6) is -2.18. The molecule has 2 aromatic rings. The average Bonchev–Trinajstić information content (AvgIpc) is 2.41. The minimum atomic E-state index is -1.35. The summed E-state index contributed by atoms with van der Waals surface area (Å²) >= 11 is 2.98. The van der Waals surface area contributed by atoms with Crippen LogP contribution in [0.5, 0.6) is 5.75 Å². The second-order valence-corrected chi connectivity index (χ2v) is 4.50. The number of carboxylic acids is 1. The van der Waals surface area contributed by atoms with Crippen molar-refractivity contribution in [2.75, 3.05) is 0 Å². The molecule has 5 nitrogen and oxygen atoms in total. The van der Waals surface area contributed by atoms with Gasteiger partial charge in [0.2, 0.25) is 11.2 Å². The van der Waals surface area contributed by atoms with Crippen molar-refractivity contribution in [2.45, 2.75) is 6.61 Å². The number of halogens is 1. The van der Waals surface area contributed by atoms with E-state index in [0.717, 1.165) is 11.8 Å². The van der Waals surface area contributed by atoms with Gasteiger partial charge in [0.15, 0.2) is 0 Å². The Labute approximate surface area is 116 Å². The van der Waals surface area contributed by atoms with Crippen LogP contribution < -0.4 is 10.2 Å². The van der Waals surface area contributed by atoms with Crippen LogP contribution in [0.1, 0.15) is 16.1 Å². The van der Waals surface area contributed by atoms with Crippen LogP contribution in [0, 0.1) is 0 Å². The topological polar surface area (TPSA) is 76.7 Å². The van der Waals surface area contributed by atoms with E-state index in [2.05, 4.69) is 15.9 Å². The van der Waals surface area contributed by atoms with Crippen LogP contribution in [0.2, 0.25) is 0 Å². The molecule has 0 radical (unpaired) electrons. The van der Waals surface area contributed by atoms with Gasteiger partial charge in [-0.05, 0) is 21.5 Å². The molecule has 0 spiro atoms. The smallest absolute Gasteiger partial charge is 0.375 e. The molecule has 0 saturated heterocycles.